The summed E-state index contributed by atoms with van der Waals surface area (Å²) < 4.78 is 12.5. The molecule has 3 rings (SSSR count). The van der Waals surface area contributed by atoms with Crippen LogP contribution in [0.25, 0.3) is 11.0 Å². The van der Waals surface area contributed by atoms with Gasteiger partial charge in [0.25, 0.3) is 0 Å². The molecule has 20 heavy (non-hydrogen) atoms. The quantitative estimate of drug-likeness (QED) is 0.762. The molecule has 1 N–H and O–H groups in total. The number of aromatic nitrogens is 4. The molecule has 0 atom stereocenters. The largest absolute Gasteiger partial charge is 0.467 e. The predicted octanol–water partition coefficient (Wildman–Crippen LogP) is 1.71. The highest BCUT2D eigenvalue weighted by Crippen LogP contribution is 2.19. The van der Waals surface area contributed by atoms with Crippen LogP contribution >= 0.6 is 0 Å². The summed E-state index contributed by atoms with van der Waals surface area (Å²) in [7, 11) is 3.67. The fraction of sp³-hybridized carbons (Fsp3) is 0.308. The van der Waals surface area contributed by atoms with E-state index in [-0.39, 0.29) is 0 Å². The second-order valence-electron chi connectivity index (χ2n) is 4.32. The van der Waals surface area contributed by atoms with Crippen molar-refractivity contribution in [1.29, 1.82) is 0 Å². The van der Waals surface area contributed by atoms with Gasteiger partial charge in [-0.25, -0.2) is 9.97 Å². The minimum atomic E-state index is 0.316. The molecule has 7 nitrogen and oxygen atoms in total. The van der Waals surface area contributed by atoms with Crippen molar-refractivity contribution in [3.63, 3.8) is 0 Å². The molecule has 3 aromatic rings. The van der Waals surface area contributed by atoms with Crippen LogP contribution < -0.4 is 5.32 Å². The molecule has 104 valence electrons. The van der Waals surface area contributed by atoms with Gasteiger partial charge in [0.2, 0.25) is 0 Å². The SMILES string of the molecule is CNc1nc(COCc2ccco2)nc2c1cnn2C. The van der Waals surface area contributed by atoms with E-state index < -0.39 is 0 Å². The predicted molar refractivity (Wildman–Crippen MR) is 73.1 cm³/mol. The maximum Gasteiger partial charge on any atom is 0.163 e. The minimum Gasteiger partial charge on any atom is -0.467 e. The highest BCUT2D eigenvalue weighted by atomic mass is 16.5. The van der Waals surface area contributed by atoms with Gasteiger partial charge in [-0.3, -0.25) is 4.68 Å². The number of rotatable bonds is 5. The Hall–Kier alpha value is -2.41. The molecule has 0 amide bonds. The highest BCUT2D eigenvalue weighted by molar-refractivity contribution is 5.86. The Morgan fingerprint density at radius 1 is 1.35 bits per heavy atom. The van der Waals surface area contributed by atoms with Crippen LogP contribution in [0.1, 0.15) is 11.6 Å². The fourth-order valence-electron chi connectivity index (χ4n) is 1.96. The average molecular weight is 273 g/mol. The van der Waals surface area contributed by atoms with Gasteiger partial charge in [-0.2, -0.15) is 5.10 Å². The summed E-state index contributed by atoms with van der Waals surface area (Å²) in [5, 5.41) is 8.13. The number of nitrogens with zero attached hydrogens (tertiary/aromatic N) is 4. The molecule has 0 aromatic carbocycles. The van der Waals surface area contributed by atoms with Crippen LogP contribution in [-0.4, -0.2) is 26.8 Å². The average Bonchev–Trinajstić information content (AvgIpc) is 3.09. The first-order valence-corrected chi connectivity index (χ1v) is 6.24. The maximum atomic E-state index is 5.55. The second-order valence-corrected chi connectivity index (χ2v) is 4.32. The number of ether oxygens (including phenoxy) is 1. The number of hydrogen-bond acceptors (Lipinski definition) is 6. The van der Waals surface area contributed by atoms with Gasteiger partial charge in [-0.1, -0.05) is 0 Å². The molecule has 0 aliphatic rings. The first-order chi connectivity index (χ1) is 9.78. The Morgan fingerprint density at radius 3 is 3.00 bits per heavy atom. The fourth-order valence-corrected chi connectivity index (χ4v) is 1.96. The number of nitrogens with one attached hydrogen (secondary N) is 1. The third-order valence-electron chi connectivity index (χ3n) is 2.93. The smallest absolute Gasteiger partial charge is 0.163 e. The molecule has 3 heterocycles. The van der Waals surface area contributed by atoms with Crippen molar-refractivity contribution in [2.45, 2.75) is 13.2 Å². The number of hydrogen-bond donors (Lipinski definition) is 1. The maximum absolute atomic E-state index is 5.55. The molecule has 0 radical (unpaired) electrons. The molecule has 7 heteroatoms. The summed E-state index contributed by atoms with van der Waals surface area (Å²) in [6.45, 7) is 0.713. The Kier molecular flexibility index (Phi) is 3.34. The van der Waals surface area contributed by atoms with Crippen LogP contribution in [0.2, 0.25) is 0 Å². The van der Waals surface area contributed by atoms with E-state index in [9.17, 15) is 0 Å². The lowest BCUT2D eigenvalue weighted by Gasteiger charge is -2.06. The summed E-state index contributed by atoms with van der Waals surface area (Å²) >= 11 is 0. The van der Waals surface area contributed by atoms with Crippen molar-refractivity contribution in [2.75, 3.05) is 12.4 Å². The van der Waals surface area contributed by atoms with E-state index in [2.05, 4.69) is 20.4 Å². The summed E-state index contributed by atoms with van der Waals surface area (Å²) in [5.41, 5.74) is 0.779. The van der Waals surface area contributed by atoms with Gasteiger partial charge < -0.3 is 14.5 Å². The molecule has 0 aliphatic carbocycles. The monoisotopic (exact) mass is 273 g/mol. The number of anilines is 1. The third kappa shape index (κ3) is 2.35. The molecule has 0 saturated carbocycles. The Labute approximate surface area is 115 Å². The van der Waals surface area contributed by atoms with E-state index in [0.29, 0.717) is 19.0 Å². The minimum absolute atomic E-state index is 0.316. The normalized spacial score (nSPS) is 11.1. The lowest BCUT2D eigenvalue weighted by Crippen LogP contribution is -2.04. The first kappa shape index (κ1) is 12.6. The van der Waals surface area contributed by atoms with Crippen LogP contribution in [0.3, 0.4) is 0 Å². The van der Waals surface area contributed by atoms with E-state index in [0.717, 1.165) is 22.6 Å². The molecular formula is C13H15N5O2. The Bertz CT molecular complexity index is 705. The van der Waals surface area contributed by atoms with E-state index in [1.165, 1.54) is 0 Å². The van der Waals surface area contributed by atoms with Gasteiger partial charge in [0.15, 0.2) is 11.5 Å². The topological polar surface area (TPSA) is 78.0 Å². The van der Waals surface area contributed by atoms with Crippen LogP contribution in [0.5, 0.6) is 0 Å². The molecule has 0 bridgehead atoms. The van der Waals surface area contributed by atoms with E-state index in [4.69, 9.17) is 9.15 Å². The lowest BCUT2D eigenvalue weighted by molar-refractivity contribution is 0.0883. The summed E-state index contributed by atoms with van der Waals surface area (Å²) in [5.74, 6) is 2.14. The summed E-state index contributed by atoms with van der Waals surface area (Å²) in [6.07, 6.45) is 3.37. The highest BCUT2D eigenvalue weighted by Gasteiger charge is 2.10. The molecule has 0 unspecified atom stereocenters. The molecule has 0 fully saturated rings. The molecule has 0 aliphatic heterocycles. The third-order valence-corrected chi connectivity index (χ3v) is 2.93. The molecule has 0 saturated heterocycles. The zero-order valence-corrected chi connectivity index (χ0v) is 11.3. The van der Waals surface area contributed by atoms with Gasteiger partial charge in [-0.05, 0) is 12.1 Å². The Morgan fingerprint density at radius 2 is 2.25 bits per heavy atom. The van der Waals surface area contributed by atoms with Crippen molar-refractivity contribution in [2.24, 2.45) is 7.05 Å². The van der Waals surface area contributed by atoms with Gasteiger partial charge in [0.05, 0.1) is 17.8 Å². The molecule has 3 aromatic heterocycles. The van der Waals surface area contributed by atoms with Crippen LogP contribution in [0, 0.1) is 0 Å². The summed E-state index contributed by atoms with van der Waals surface area (Å²) in [4.78, 5) is 8.88. The van der Waals surface area contributed by atoms with Crippen molar-refractivity contribution in [1.82, 2.24) is 19.7 Å². The van der Waals surface area contributed by atoms with Gasteiger partial charge >= 0.3 is 0 Å². The summed E-state index contributed by atoms with van der Waals surface area (Å²) in [6, 6.07) is 3.69. The van der Waals surface area contributed by atoms with Gasteiger partial charge in [0, 0.05) is 14.1 Å². The number of furan rings is 1. The van der Waals surface area contributed by atoms with Crippen molar-refractivity contribution >= 4 is 16.9 Å². The van der Waals surface area contributed by atoms with E-state index in [1.807, 2.05) is 26.2 Å². The Balaban J connectivity index is 1.78. The molecular weight excluding hydrogens is 258 g/mol. The van der Waals surface area contributed by atoms with Crippen LogP contribution in [0.15, 0.2) is 29.0 Å². The van der Waals surface area contributed by atoms with Crippen molar-refractivity contribution in [3.05, 3.63) is 36.2 Å². The van der Waals surface area contributed by atoms with Gasteiger partial charge in [-0.15, -0.1) is 0 Å². The zero-order chi connectivity index (χ0) is 13.9. The van der Waals surface area contributed by atoms with Crippen molar-refractivity contribution < 1.29 is 9.15 Å². The van der Waals surface area contributed by atoms with E-state index >= 15 is 0 Å². The zero-order valence-electron chi connectivity index (χ0n) is 11.3. The first-order valence-electron chi connectivity index (χ1n) is 6.24. The standard InChI is InChI=1S/C13H15N5O2/c1-14-12-10-6-15-18(2)13(10)17-11(16-12)8-19-7-9-4-3-5-20-9/h3-6H,7-8H2,1-2H3,(H,14,16,17). The number of aryl methyl sites for hydroxylation is 1. The van der Waals surface area contributed by atoms with Crippen LogP contribution in [0.4, 0.5) is 5.82 Å². The van der Waals surface area contributed by atoms with E-state index in [1.54, 1.807) is 17.1 Å². The van der Waals surface area contributed by atoms with Crippen LogP contribution in [-0.2, 0) is 25.0 Å². The van der Waals surface area contributed by atoms with Gasteiger partial charge in [0.1, 0.15) is 24.8 Å². The lowest BCUT2D eigenvalue weighted by atomic mass is 10.4. The second kappa shape index (κ2) is 5.30. The van der Waals surface area contributed by atoms with Crippen molar-refractivity contribution in [3.8, 4) is 0 Å². The number of fused-ring (bicyclic) bond motifs is 1. The molecule has 0 spiro atoms.